The fourth-order valence-electron chi connectivity index (χ4n) is 9.92. The lowest BCUT2D eigenvalue weighted by Gasteiger charge is -2.29. The molecule has 0 radical (unpaired) electrons. The highest BCUT2D eigenvalue weighted by Gasteiger charge is 2.40. The topological polar surface area (TPSA) is 551 Å². The molecule has 1 fully saturated rings. The number of halogens is 1. The van der Waals surface area contributed by atoms with E-state index >= 15 is 4.79 Å². The number of hydrogen-bond acceptors (Lipinski definition) is 17. The molecule has 1 unspecified atom stereocenters. The van der Waals surface area contributed by atoms with Crippen LogP contribution < -0.4 is 88.4 Å². The summed E-state index contributed by atoms with van der Waals surface area (Å²) >= 11 is 12.1. The predicted molar refractivity (Wildman–Crippen MR) is 362 cm³/mol. The Morgan fingerprint density at radius 2 is 1.10 bits per heavy atom. The third-order valence-corrected chi connectivity index (χ3v) is 16.3. The highest BCUT2D eigenvalue weighted by atomic mass is 79.9. The summed E-state index contributed by atoms with van der Waals surface area (Å²) in [6.07, 6.45) is 3.29. The number of aliphatic carboxylic acids is 1. The van der Waals surface area contributed by atoms with Crippen LogP contribution in [-0.2, 0) is 60.8 Å². The molecule has 35 heteroatoms. The summed E-state index contributed by atoms with van der Waals surface area (Å²) in [7, 11) is 0. The smallest absolute Gasteiger partial charge is 0.326 e. The van der Waals surface area contributed by atoms with Gasteiger partial charge in [-0.05, 0) is 94.9 Å². The number of amides is 9. The second-order valence-corrected chi connectivity index (χ2v) is 24.2. The maximum Gasteiger partial charge on any atom is 0.326 e. The van der Waals surface area contributed by atoms with Crippen LogP contribution in [-0.4, -0.2) is 201 Å². The molecule has 26 N–H and O–H groups in total. The van der Waals surface area contributed by atoms with Gasteiger partial charge >= 0.3 is 5.97 Å². The Labute approximate surface area is 558 Å². The predicted octanol–water partition coefficient (Wildman–Crippen LogP) is -4.22. The minimum Gasteiger partial charge on any atom is -0.480 e. The molecule has 2 aromatic carbocycles. The number of carboxylic acids is 1. The number of nitrogens with zero attached hydrogens (tertiary/aromatic N) is 4. The van der Waals surface area contributed by atoms with E-state index < -0.39 is 124 Å². The number of aromatic amines is 1. The first-order valence-electron chi connectivity index (χ1n) is 30.3. The van der Waals surface area contributed by atoms with Crippen molar-refractivity contribution in [2.75, 3.05) is 44.2 Å². The van der Waals surface area contributed by atoms with Gasteiger partial charge in [0.25, 0.3) is 0 Å². The van der Waals surface area contributed by atoms with Crippen LogP contribution in [0, 0.1) is 0 Å². The summed E-state index contributed by atoms with van der Waals surface area (Å²) < 4.78 is 0. The standard InChI is InChI=1S/C58H90BrN21O11S2/c1-31(72-52(87)43(29-92)78-47(82)36(61)15-9-21-68-56(62)63)46(81)73-38(18-10-22-69-57(64)65)48(83)75-40(24-32-12-3-2-4-13-32)49(84)77-42(26-34(59)28-71-58(66)67)51(86)76-41(25-33-27-70-37-16-6-5-14-35(33)37)50(85)79-44(30-93)53(88)74-39(17-7-8-20-60)54(89)80-23-11-19-45(80)55(90)91/h2-6,12-14,16,27,31,34,36,38-45,70,92-93H,7-11,15,17-26,28-30,60-61H2,1H3,(H,72,87)(H,73,81)(H,74,88)(H,75,83)(H,76,86)(H,77,84)(H,78,82)(H,79,85)(H,90,91)(H4,62,63,68)(H4,64,65,69)(H4,66,67,71)/t31-,34?,36+,38+,39+,40-,41-,42+,43+,44+,45+/m1/s1. The summed E-state index contributed by atoms with van der Waals surface area (Å²) in [4.78, 5) is 155. The molecule has 2 heterocycles. The van der Waals surface area contributed by atoms with E-state index in [0.29, 0.717) is 54.3 Å². The lowest BCUT2D eigenvalue weighted by atomic mass is 10.0. The molecule has 9 amide bonds. The molecule has 3 aromatic rings. The number of likely N-dealkylation sites (tertiary alicyclic amines) is 1. The number of para-hydroxylation sites is 1. The van der Waals surface area contributed by atoms with Gasteiger partial charge in [-0.2, -0.15) is 25.3 Å². The minimum absolute atomic E-state index is 0.0145. The molecule has 1 aromatic heterocycles. The van der Waals surface area contributed by atoms with E-state index in [1.165, 1.54) is 11.8 Å². The molecule has 11 atom stereocenters. The van der Waals surface area contributed by atoms with Gasteiger partial charge in [-0.3, -0.25) is 58.1 Å². The van der Waals surface area contributed by atoms with E-state index in [-0.39, 0.29) is 107 Å². The van der Waals surface area contributed by atoms with Crippen LogP contribution in [0.15, 0.2) is 75.8 Å². The number of fused-ring (bicyclic) bond motifs is 1. The van der Waals surface area contributed by atoms with E-state index in [1.54, 1.807) is 60.8 Å². The monoisotopic (exact) mass is 1400 g/mol. The highest BCUT2D eigenvalue weighted by molar-refractivity contribution is 9.09. The number of alkyl halides is 1. The Bertz CT molecular complexity index is 3100. The van der Waals surface area contributed by atoms with E-state index in [4.69, 9.17) is 45.9 Å². The van der Waals surface area contributed by atoms with Gasteiger partial charge in [0.2, 0.25) is 53.2 Å². The number of unbranched alkanes of at least 4 members (excludes halogenated alkanes) is 1. The zero-order valence-electron chi connectivity index (χ0n) is 51.8. The first kappa shape index (κ1) is 77.0. The van der Waals surface area contributed by atoms with Gasteiger partial charge in [0, 0.05) is 65.9 Å². The van der Waals surface area contributed by atoms with Gasteiger partial charge in [-0.25, -0.2) is 4.79 Å². The summed E-state index contributed by atoms with van der Waals surface area (Å²) in [6, 6.07) is 2.47. The maximum atomic E-state index is 15.0. The van der Waals surface area contributed by atoms with Crippen LogP contribution in [0.25, 0.3) is 10.9 Å². The number of guanidine groups is 3. The number of carboxylic acid groups (broad SMARTS) is 1. The van der Waals surface area contributed by atoms with Gasteiger partial charge in [0.15, 0.2) is 17.9 Å². The average Bonchev–Trinajstić information content (AvgIpc) is 1.94. The van der Waals surface area contributed by atoms with Crippen LogP contribution in [0.3, 0.4) is 0 Å². The van der Waals surface area contributed by atoms with Crippen molar-refractivity contribution in [2.45, 2.75) is 149 Å². The van der Waals surface area contributed by atoms with Crippen molar-refractivity contribution in [2.24, 2.45) is 60.8 Å². The number of rotatable bonds is 40. The Kier molecular flexibility index (Phi) is 33.0. The Hall–Kier alpha value is -8.41. The van der Waals surface area contributed by atoms with Crippen molar-refractivity contribution >= 4 is 129 Å². The summed E-state index contributed by atoms with van der Waals surface area (Å²) in [5, 5.41) is 31.8. The van der Waals surface area contributed by atoms with Crippen molar-refractivity contribution in [1.29, 1.82) is 0 Å². The Morgan fingerprint density at radius 1 is 0.602 bits per heavy atom. The van der Waals surface area contributed by atoms with Crippen molar-refractivity contribution in [1.82, 2.24) is 52.4 Å². The van der Waals surface area contributed by atoms with Gasteiger partial charge < -0.3 is 103 Å². The number of benzene rings is 2. The minimum atomic E-state index is -1.54. The van der Waals surface area contributed by atoms with Crippen molar-refractivity contribution in [3.8, 4) is 0 Å². The number of aromatic nitrogens is 1. The number of carbonyl (C=O) groups excluding carboxylic acids is 9. The molecule has 1 saturated heterocycles. The maximum absolute atomic E-state index is 15.0. The molecule has 1 aliphatic heterocycles. The number of hydrogen-bond donors (Lipinski definition) is 20. The van der Waals surface area contributed by atoms with E-state index in [9.17, 15) is 48.3 Å². The number of nitrogens with one attached hydrogen (secondary N) is 9. The lowest BCUT2D eigenvalue weighted by Crippen LogP contribution is -2.61. The zero-order valence-corrected chi connectivity index (χ0v) is 55.1. The molecule has 0 aliphatic carbocycles. The first-order chi connectivity index (χ1) is 44.3. The Morgan fingerprint density at radius 3 is 1.70 bits per heavy atom. The van der Waals surface area contributed by atoms with Crippen LogP contribution in [0.4, 0.5) is 0 Å². The van der Waals surface area contributed by atoms with Crippen LogP contribution in [0.5, 0.6) is 0 Å². The van der Waals surface area contributed by atoms with Gasteiger partial charge in [0.05, 0.1) is 12.6 Å². The number of nitrogens with two attached hydrogens (primary N) is 8. The normalized spacial score (nSPS) is 15.9. The van der Waals surface area contributed by atoms with E-state index in [1.807, 2.05) is 0 Å². The summed E-state index contributed by atoms with van der Waals surface area (Å²) in [5.41, 5.74) is 46.8. The number of H-pyrrole nitrogens is 1. The first-order valence-corrected chi connectivity index (χ1v) is 32.5. The fraction of sp³-hybridized carbons (Fsp3) is 0.534. The second kappa shape index (κ2) is 39.9. The van der Waals surface area contributed by atoms with Crippen LogP contribution in [0.2, 0.25) is 0 Å². The molecule has 1 aliphatic rings. The number of carbonyl (C=O) groups is 10. The largest absolute Gasteiger partial charge is 0.480 e. The molecule has 32 nitrogen and oxygen atoms in total. The van der Waals surface area contributed by atoms with Crippen molar-refractivity contribution < 1.29 is 53.1 Å². The molecule has 4 rings (SSSR count). The second-order valence-electron chi connectivity index (χ2n) is 22.2. The van der Waals surface area contributed by atoms with Gasteiger partial charge in [-0.15, -0.1) is 0 Å². The van der Waals surface area contributed by atoms with E-state index in [0.717, 1.165) is 0 Å². The molecular weight excluding hydrogens is 1310 g/mol. The molecule has 0 saturated carbocycles. The number of thiol groups is 2. The third-order valence-electron chi connectivity index (χ3n) is 14.9. The Balaban J connectivity index is 1.66. The van der Waals surface area contributed by atoms with Crippen LogP contribution >= 0.6 is 41.2 Å². The average molecular weight is 1400 g/mol. The molecular formula is C58H90BrN21O11S2. The van der Waals surface area contributed by atoms with Crippen molar-refractivity contribution in [3.05, 3.63) is 71.9 Å². The van der Waals surface area contributed by atoms with Gasteiger partial charge in [-0.1, -0.05) is 64.5 Å². The summed E-state index contributed by atoms with van der Waals surface area (Å²) in [6.45, 7) is 1.92. The van der Waals surface area contributed by atoms with E-state index in [2.05, 4.69) is 104 Å². The SMILES string of the molecule is C[C@@H](NC(=O)[C@H](CS)NC(=O)[C@@H](N)CCCN=C(N)N)C(=O)N[C@@H](CCCN=C(N)N)C(=O)N[C@H](Cc1ccccc1)C(=O)N[C@@H](CC(Br)CN=C(N)N)C(=O)N[C@H](Cc1c[nH]c2ccccc12)C(=O)N[C@@H](CS)C(=O)N[C@@H](CCCCN)C(=O)N1CCC[C@H]1C(=O)O. The van der Waals surface area contributed by atoms with Crippen LogP contribution in [0.1, 0.15) is 82.3 Å². The third kappa shape index (κ3) is 26.3. The molecule has 93 heavy (non-hydrogen) atoms. The lowest BCUT2D eigenvalue weighted by molar-refractivity contribution is -0.149. The van der Waals surface area contributed by atoms with Gasteiger partial charge in [0.1, 0.15) is 54.4 Å². The molecule has 0 bridgehead atoms. The zero-order chi connectivity index (χ0) is 68.7. The quantitative estimate of drug-likeness (QED) is 0.00843. The highest BCUT2D eigenvalue weighted by Crippen LogP contribution is 2.22. The molecule has 0 spiro atoms. The fourth-order valence-corrected chi connectivity index (χ4v) is 11.0. The number of aliphatic imine (C=N–C) groups is 3. The molecule has 512 valence electrons. The van der Waals surface area contributed by atoms with Crippen molar-refractivity contribution in [3.63, 3.8) is 0 Å². The summed E-state index contributed by atoms with van der Waals surface area (Å²) in [5.74, 6) is -9.65.